The van der Waals surface area contributed by atoms with E-state index in [2.05, 4.69) is 24.3 Å². The topological polar surface area (TPSA) is 42.8 Å². The van der Waals surface area contributed by atoms with Gasteiger partial charge in [-0.25, -0.2) is 0 Å². The Labute approximate surface area is 91.0 Å². The van der Waals surface area contributed by atoms with Crippen LogP contribution >= 0.6 is 0 Å². The van der Waals surface area contributed by atoms with Crippen LogP contribution in [0.1, 0.15) is 33.1 Å². The van der Waals surface area contributed by atoms with E-state index in [1.165, 1.54) is 6.42 Å². The van der Waals surface area contributed by atoms with Crippen LogP contribution in [0, 0.1) is 5.41 Å². The molecule has 2 heterocycles. The summed E-state index contributed by atoms with van der Waals surface area (Å²) in [5.41, 5.74) is 0.0199. The molecule has 2 aliphatic heterocycles. The number of hydrogen-bond donors (Lipinski definition) is 1. The zero-order chi connectivity index (χ0) is 10.7. The number of rotatable bonds is 2. The predicted octanol–water partition coefficient (Wildman–Crippen LogP) is 1.51. The molecule has 2 unspecified atom stereocenters. The van der Waals surface area contributed by atoms with Crippen molar-refractivity contribution < 1.29 is 9.57 Å². The average molecular weight is 212 g/mol. The quantitative estimate of drug-likeness (QED) is 0.754. The van der Waals surface area contributed by atoms with Gasteiger partial charge in [0.05, 0.1) is 5.41 Å². The number of hydrogen-bond acceptors (Lipinski definition) is 4. The maximum atomic E-state index is 5.86. The van der Waals surface area contributed by atoms with Gasteiger partial charge in [-0.1, -0.05) is 12.1 Å². The summed E-state index contributed by atoms with van der Waals surface area (Å²) in [6, 6.07) is 0. The number of piperidine rings is 1. The van der Waals surface area contributed by atoms with E-state index >= 15 is 0 Å². The number of nitrogens with zero attached hydrogens (tertiary/aromatic N) is 1. The van der Waals surface area contributed by atoms with Crippen molar-refractivity contribution in [3.63, 3.8) is 0 Å². The second kappa shape index (κ2) is 4.39. The monoisotopic (exact) mass is 212 g/mol. The van der Waals surface area contributed by atoms with Gasteiger partial charge in [-0.05, 0) is 32.7 Å². The summed E-state index contributed by atoms with van der Waals surface area (Å²) in [7, 11) is 0. The van der Waals surface area contributed by atoms with Crippen LogP contribution in [-0.4, -0.2) is 31.7 Å². The van der Waals surface area contributed by atoms with Gasteiger partial charge in [-0.15, -0.1) is 0 Å². The van der Waals surface area contributed by atoms with Gasteiger partial charge < -0.3 is 14.9 Å². The van der Waals surface area contributed by atoms with Crippen LogP contribution in [0.25, 0.3) is 0 Å². The Balaban J connectivity index is 2.05. The van der Waals surface area contributed by atoms with Crippen molar-refractivity contribution in [2.24, 2.45) is 10.6 Å². The van der Waals surface area contributed by atoms with Crippen molar-refractivity contribution in [1.82, 2.24) is 5.32 Å². The third kappa shape index (κ3) is 2.25. The van der Waals surface area contributed by atoms with E-state index in [1.807, 2.05) is 0 Å². The van der Waals surface area contributed by atoms with Crippen molar-refractivity contribution in [3.8, 4) is 0 Å². The Hall–Kier alpha value is -0.770. The Morgan fingerprint density at radius 3 is 3.13 bits per heavy atom. The first kappa shape index (κ1) is 10.7. The molecule has 1 N–H and O–H groups in total. The molecular formula is C11H20N2O2. The summed E-state index contributed by atoms with van der Waals surface area (Å²) in [5.74, 6) is 0.785. The molecule has 4 nitrogen and oxygen atoms in total. The molecular weight excluding hydrogens is 192 g/mol. The van der Waals surface area contributed by atoms with Crippen LogP contribution in [0.3, 0.4) is 0 Å². The summed E-state index contributed by atoms with van der Waals surface area (Å²) in [6.45, 7) is 6.92. The van der Waals surface area contributed by atoms with Crippen LogP contribution in [0.15, 0.2) is 5.16 Å². The summed E-state index contributed by atoms with van der Waals surface area (Å²) < 4.78 is 5.86. The lowest BCUT2D eigenvalue weighted by Gasteiger charge is -2.37. The molecule has 2 rings (SSSR count). The summed E-state index contributed by atoms with van der Waals surface area (Å²) >= 11 is 0. The van der Waals surface area contributed by atoms with Crippen LogP contribution < -0.4 is 5.32 Å². The average Bonchev–Trinajstić information content (AvgIpc) is 2.30. The maximum Gasteiger partial charge on any atom is 0.233 e. The van der Waals surface area contributed by atoms with Crippen LogP contribution in [-0.2, 0) is 9.57 Å². The van der Waals surface area contributed by atoms with Crippen LogP contribution in [0.5, 0.6) is 0 Å². The molecule has 1 saturated heterocycles. The van der Waals surface area contributed by atoms with E-state index < -0.39 is 0 Å². The molecule has 0 aromatic carbocycles. The Morgan fingerprint density at radius 1 is 1.60 bits per heavy atom. The molecule has 0 bridgehead atoms. The lowest BCUT2D eigenvalue weighted by Crippen LogP contribution is -2.47. The highest BCUT2D eigenvalue weighted by Crippen LogP contribution is 2.30. The minimum Gasteiger partial charge on any atom is -0.471 e. The minimum absolute atomic E-state index is 0.0199. The highest BCUT2D eigenvalue weighted by Gasteiger charge is 2.37. The fourth-order valence-electron chi connectivity index (χ4n) is 2.08. The van der Waals surface area contributed by atoms with Crippen LogP contribution in [0.2, 0.25) is 0 Å². The molecule has 0 radical (unpaired) electrons. The second-order valence-corrected chi connectivity index (χ2v) is 4.68. The van der Waals surface area contributed by atoms with E-state index in [-0.39, 0.29) is 11.5 Å². The van der Waals surface area contributed by atoms with Gasteiger partial charge in [0.2, 0.25) is 5.90 Å². The van der Waals surface area contributed by atoms with Gasteiger partial charge in [-0.3, -0.25) is 0 Å². The second-order valence-electron chi connectivity index (χ2n) is 4.68. The van der Waals surface area contributed by atoms with E-state index in [0.717, 1.165) is 31.8 Å². The van der Waals surface area contributed by atoms with Gasteiger partial charge in [-0.2, -0.15) is 0 Å². The molecule has 0 spiro atoms. The third-order valence-corrected chi connectivity index (χ3v) is 3.26. The molecule has 0 aromatic rings. The number of ether oxygens (including phenoxy) is 1. The molecule has 0 saturated carbocycles. The first-order chi connectivity index (χ1) is 7.24. The predicted molar refractivity (Wildman–Crippen MR) is 58.8 cm³/mol. The van der Waals surface area contributed by atoms with Crippen LogP contribution in [0.4, 0.5) is 0 Å². The van der Waals surface area contributed by atoms with Crippen molar-refractivity contribution in [2.75, 3.05) is 19.7 Å². The molecule has 2 aliphatic rings. The van der Waals surface area contributed by atoms with Gasteiger partial charge >= 0.3 is 0 Å². The zero-order valence-electron chi connectivity index (χ0n) is 9.58. The largest absolute Gasteiger partial charge is 0.471 e. The third-order valence-electron chi connectivity index (χ3n) is 3.26. The van der Waals surface area contributed by atoms with Crippen molar-refractivity contribution in [2.45, 2.75) is 39.2 Å². The van der Waals surface area contributed by atoms with Crippen molar-refractivity contribution in [1.29, 1.82) is 0 Å². The number of oxime groups is 1. The minimum atomic E-state index is 0.0199. The first-order valence-electron chi connectivity index (χ1n) is 5.82. The van der Waals surface area contributed by atoms with E-state index in [4.69, 9.17) is 9.57 Å². The van der Waals surface area contributed by atoms with Gasteiger partial charge in [0.15, 0.2) is 6.61 Å². The smallest absolute Gasteiger partial charge is 0.233 e. The first-order valence-corrected chi connectivity index (χ1v) is 5.82. The fraction of sp³-hybridized carbons (Fsp3) is 0.909. The lowest BCUT2D eigenvalue weighted by molar-refractivity contribution is -0.00685. The fourth-order valence-corrected chi connectivity index (χ4v) is 2.08. The van der Waals surface area contributed by atoms with E-state index in [9.17, 15) is 0 Å². The van der Waals surface area contributed by atoms with Gasteiger partial charge in [0.1, 0.15) is 6.10 Å². The highest BCUT2D eigenvalue weighted by atomic mass is 16.7. The van der Waals surface area contributed by atoms with E-state index in [1.54, 1.807) is 0 Å². The van der Waals surface area contributed by atoms with Gasteiger partial charge in [0.25, 0.3) is 0 Å². The molecule has 2 atom stereocenters. The lowest BCUT2D eigenvalue weighted by atomic mass is 9.82. The van der Waals surface area contributed by atoms with Crippen molar-refractivity contribution >= 4 is 5.90 Å². The summed E-state index contributed by atoms with van der Waals surface area (Å²) in [6.07, 6.45) is 3.45. The van der Waals surface area contributed by atoms with E-state index in [0.29, 0.717) is 6.61 Å². The highest BCUT2D eigenvalue weighted by molar-refractivity contribution is 5.82. The maximum absolute atomic E-state index is 5.86. The molecule has 0 amide bonds. The number of nitrogens with one attached hydrogen (secondary N) is 1. The molecule has 1 fully saturated rings. The normalized spacial score (nSPS) is 36.4. The molecule has 15 heavy (non-hydrogen) atoms. The molecule has 4 heteroatoms. The molecule has 0 aromatic heterocycles. The molecule has 0 aliphatic carbocycles. The van der Waals surface area contributed by atoms with Crippen molar-refractivity contribution in [3.05, 3.63) is 0 Å². The Bertz CT molecular complexity index is 247. The Kier molecular flexibility index (Phi) is 3.14. The summed E-state index contributed by atoms with van der Waals surface area (Å²) in [4.78, 5) is 5.24. The summed E-state index contributed by atoms with van der Waals surface area (Å²) in [5, 5.41) is 7.47. The molecule has 86 valence electrons. The SMILES string of the molecule is CCC1CON=C(C2(C)CCCNC2)O1. The Morgan fingerprint density at radius 2 is 2.47 bits per heavy atom. The zero-order valence-corrected chi connectivity index (χ0v) is 9.58. The van der Waals surface area contributed by atoms with Gasteiger partial charge in [0, 0.05) is 6.54 Å². The standard InChI is InChI=1S/C11H20N2O2/c1-3-9-7-14-13-10(15-9)11(2)5-4-6-12-8-11/h9,12H,3-8H2,1-2H3.